The number of nitrogens with zero attached hydrogens (tertiary/aromatic N) is 3. The molecule has 2 aromatic rings. The van der Waals surface area contributed by atoms with Crippen molar-refractivity contribution in [3.63, 3.8) is 0 Å². The maximum atomic E-state index is 11.8. The molecule has 0 bridgehead atoms. The molecule has 5 heteroatoms. The number of benzene rings is 1. The predicted octanol–water partition coefficient (Wildman–Crippen LogP) is 6.92. The number of carbonyl (C=O) groups excluding carboxylic acids is 1. The third kappa shape index (κ3) is 7.18. The van der Waals surface area contributed by atoms with E-state index in [2.05, 4.69) is 61.1 Å². The van der Waals surface area contributed by atoms with Crippen LogP contribution in [0.1, 0.15) is 62.8 Å². The SMILES string of the molecule is C=C/C(=C\N(C)C)c1cccc(-c2ccc(C3=CC(C)N=C3)c(/C=C/CC3(O)CCC=C(C(C)=O)CC3)n2)c1. The number of Topliss-reactive ketones (excluding diaryl/α,β-unsaturated/α-hetero) is 1. The maximum absolute atomic E-state index is 11.8. The number of aliphatic imine (C=N–C) groups is 1. The van der Waals surface area contributed by atoms with Crippen molar-refractivity contribution in [2.75, 3.05) is 14.1 Å². The van der Waals surface area contributed by atoms with Gasteiger partial charge in [0.25, 0.3) is 0 Å². The van der Waals surface area contributed by atoms with E-state index in [1.807, 2.05) is 55.6 Å². The normalized spacial score (nSPS) is 21.5. The van der Waals surface area contributed by atoms with Crippen molar-refractivity contribution < 1.29 is 9.90 Å². The van der Waals surface area contributed by atoms with Gasteiger partial charge in [-0.25, -0.2) is 4.98 Å². The molecule has 0 saturated carbocycles. The molecule has 2 atom stereocenters. The van der Waals surface area contributed by atoms with E-state index in [0.29, 0.717) is 32.1 Å². The van der Waals surface area contributed by atoms with Gasteiger partial charge in [0.15, 0.2) is 5.78 Å². The van der Waals surface area contributed by atoms with Crippen LogP contribution in [-0.2, 0) is 4.79 Å². The number of aliphatic hydroxyl groups is 1. The van der Waals surface area contributed by atoms with Crippen LogP contribution in [-0.4, -0.2) is 52.7 Å². The Morgan fingerprint density at radius 2 is 2.05 bits per heavy atom. The van der Waals surface area contributed by atoms with Crippen LogP contribution in [0.2, 0.25) is 0 Å². The van der Waals surface area contributed by atoms with E-state index in [9.17, 15) is 9.90 Å². The van der Waals surface area contributed by atoms with Gasteiger partial charge in [-0.1, -0.05) is 49.1 Å². The molecule has 0 radical (unpaired) electrons. The Kier molecular flexibility index (Phi) is 8.93. The van der Waals surface area contributed by atoms with Crippen LogP contribution < -0.4 is 0 Å². The zero-order valence-electron chi connectivity index (χ0n) is 23.5. The molecule has 5 nitrogen and oxygen atoms in total. The first-order valence-electron chi connectivity index (χ1n) is 13.6. The summed E-state index contributed by atoms with van der Waals surface area (Å²) in [5, 5.41) is 11.3. The summed E-state index contributed by atoms with van der Waals surface area (Å²) in [6, 6.07) is 12.6. The van der Waals surface area contributed by atoms with Gasteiger partial charge in [-0.05, 0) is 92.5 Å². The Morgan fingerprint density at radius 3 is 2.74 bits per heavy atom. The summed E-state index contributed by atoms with van der Waals surface area (Å²) < 4.78 is 0. The van der Waals surface area contributed by atoms with Crippen LogP contribution in [0.3, 0.4) is 0 Å². The zero-order valence-corrected chi connectivity index (χ0v) is 23.5. The van der Waals surface area contributed by atoms with E-state index in [4.69, 9.17) is 4.98 Å². The van der Waals surface area contributed by atoms with E-state index in [-0.39, 0.29) is 11.8 Å². The molecule has 0 saturated heterocycles. The number of ketones is 1. The Hall–Kier alpha value is -3.83. The van der Waals surface area contributed by atoms with Crippen molar-refractivity contribution >= 4 is 29.2 Å². The molecule has 0 fully saturated rings. The van der Waals surface area contributed by atoms with Gasteiger partial charge >= 0.3 is 0 Å². The highest BCUT2D eigenvalue weighted by molar-refractivity contribution is 6.12. The minimum atomic E-state index is -0.835. The molecule has 0 spiro atoms. The summed E-state index contributed by atoms with van der Waals surface area (Å²) in [6.07, 6.45) is 17.1. The zero-order chi connectivity index (χ0) is 28.0. The molecule has 1 aliphatic carbocycles. The van der Waals surface area contributed by atoms with Gasteiger partial charge in [-0.3, -0.25) is 9.79 Å². The molecule has 1 aromatic carbocycles. The maximum Gasteiger partial charge on any atom is 0.155 e. The minimum absolute atomic E-state index is 0.0997. The van der Waals surface area contributed by atoms with Crippen LogP contribution in [0, 0.1) is 0 Å². The molecule has 2 aliphatic rings. The van der Waals surface area contributed by atoms with Crippen molar-refractivity contribution in [1.29, 1.82) is 0 Å². The second kappa shape index (κ2) is 12.4. The molecule has 202 valence electrons. The molecule has 4 rings (SSSR count). The van der Waals surface area contributed by atoms with E-state index < -0.39 is 5.60 Å². The number of hydrogen-bond acceptors (Lipinski definition) is 5. The van der Waals surface area contributed by atoms with Crippen LogP contribution in [0.5, 0.6) is 0 Å². The third-order valence-corrected chi connectivity index (χ3v) is 7.30. The fourth-order valence-corrected chi connectivity index (χ4v) is 5.11. The molecule has 1 aliphatic heterocycles. The minimum Gasteiger partial charge on any atom is -0.390 e. The molecule has 2 heterocycles. The van der Waals surface area contributed by atoms with Crippen molar-refractivity contribution in [2.45, 2.75) is 57.6 Å². The summed E-state index contributed by atoms with van der Waals surface area (Å²) in [5.74, 6) is 0.0997. The number of aromatic nitrogens is 1. The first kappa shape index (κ1) is 28.2. The highest BCUT2D eigenvalue weighted by Gasteiger charge is 2.27. The van der Waals surface area contributed by atoms with Gasteiger partial charge < -0.3 is 10.0 Å². The number of rotatable bonds is 9. The second-order valence-electron chi connectivity index (χ2n) is 10.8. The number of pyridine rings is 1. The van der Waals surface area contributed by atoms with Gasteiger partial charge in [0, 0.05) is 37.6 Å². The Bertz CT molecular complexity index is 1390. The smallest absolute Gasteiger partial charge is 0.155 e. The summed E-state index contributed by atoms with van der Waals surface area (Å²) in [6.45, 7) is 7.65. The first-order chi connectivity index (χ1) is 18.7. The summed E-state index contributed by atoms with van der Waals surface area (Å²) in [4.78, 5) is 23.4. The van der Waals surface area contributed by atoms with Crippen LogP contribution in [0.15, 0.2) is 84.0 Å². The first-order valence-corrected chi connectivity index (χ1v) is 13.6. The number of carbonyl (C=O) groups is 1. The average Bonchev–Trinajstić information content (AvgIpc) is 3.24. The van der Waals surface area contributed by atoms with Gasteiger partial charge in [0.1, 0.15) is 0 Å². The van der Waals surface area contributed by atoms with Gasteiger partial charge in [-0.2, -0.15) is 0 Å². The standard InChI is InChI=1S/C34H39N3O2/c1-6-26(23-37(4)5)28-10-7-11-29(21-28)32-15-14-31(30-20-24(2)35-22-30)33(36-32)13-9-18-34(39)17-8-12-27(16-19-34)25(3)38/h6-7,9-15,20-24,39H,1,8,16-19H2,2-5H3/b13-9+,26-23+. The highest BCUT2D eigenvalue weighted by atomic mass is 16.3. The Balaban J connectivity index is 1.65. The second-order valence-corrected chi connectivity index (χ2v) is 10.8. The third-order valence-electron chi connectivity index (χ3n) is 7.30. The van der Waals surface area contributed by atoms with Crippen LogP contribution in [0.4, 0.5) is 0 Å². The van der Waals surface area contributed by atoms with E-state index in [1.165, 1.54) is 0 Å². The average molecular weight is 522 g/mol. The topological polar surface area (TPSA) is 65.8 Å². The molecular formula is C34H39N3O2. The Labute approximate surface area is 232 Å². The number of hydrogen-bond donors (Lipinski definition) is 1. The molecule has 39 heavy (non-hydrogen) atoms. The summed E-state index contributed by atoms with van der Waals surface area (Å²) in [7, 11) is 4.00. The predicted molar refractivity (Wildman–Crippen MR) is 163 cm³/mol. The highest BCUT2D eigenvalue weighted by Crippen LogP contribution is 2.32. The van der Waals surface area contributed by atoms with Crippen LogP contribution in [0.25, 0.3) is 28.5 Å². The van der Waals surface area contributed by atoms with Crippen molar-refractivity contribution in [2.24, 2.45) is 4.99 Å². The van der Waals surface area contributed by atoms with Gasteiger partial charge in [-0.15, -0.1) is 0 Å². The van der Waals surface area contributed by atoms with Crippen molar-refractivity contribution in [3.05, 3.63) is 95.9 Å². The fourth-order valence-electron chi connectivity index (χ4n) is 5.11. The number of allylic oxidation sites excluding steroid dienone is 5. The molecule has 1 aromatic heterocycles. The van der Waals surface area contributed by atoms with E-state index in [1.54, 1.807) is 6.92 Å². The quantitative estimate of drug-likeness (QED) is 0.364. The molecule has 2 unspecified atom stereocenters. The molecule has 1 N–H and O–H groups in total. The summed E-state index contributed by atoms with van der Waals surface area (Å²) in [5.41, 5.74) is 6.93. The lowest BCUT2D eigenvalue weighted by Gasteiger charge is -2.25. The largest absolute Gasteiger partial charge is 0.390 e. The van der Waals surface area contributed by atoms with Crippen molar-refractivity contribution in [3.8, 4) is 11.3 Å². The summed E-state index contributed by atoms with van der Waals surface area (Å²) >= 11 is 0. The lowest BCUT2D eigenvalue weighted by atomic mass is 9.89. The Morgan fingerprint density at radius 1 is 1.23 bits per heavy atom. The van der Waals surface area contributed by atoms with E-state index >= 15 is 0 Å². The van der Waals surface area contributed by atoms with Gasteiger partial charge in [0.2, 0.25) is 0 Å². The van der Waals surface area contributed by atoms with E-state index in [0.717, 1.165) is 44.8 Å². The monoisotopic (exact) mass is 521 g/mol. The lowest BCUT2D eigenvalue weighted by Crippen LogP contribution is -2.27. The van der Waals surface area contributed by atoms with Gasteiger partial charge in [0.05, 0.1) is 23.0 Å². The molecular weight excluding hydrogens is 482 g/mol. The lowest BCUT2D eigenvalue weighted by molar-refractivity contribution is -0.113. The van der Waals surface area contributed by atoms with Crippen molar-refractivity contribution in [1.82, 2.24) is 9.88 Å². The van der Waals surface area contributed by atoms with Crippen LogP contribution >= 0.6 is 0 Å². The fraction of sp³-hybridized carbons (Fsp3) is 0.324. The molecule has 0 amide bonds.